The van der Waals surface area contributed by atoms with E-state index in [2.05, 4.69) is 26.2 Å². The second kappa shape index (κ2) is 6.90. The maximum absolute atomic E-state index is 12.6. The number of nitrogens with one attached hydrogen (secondary N) is 1. The number of ether oxygens (including phenoxy) is 1. The van der Waals surface area contributed by atoms with Crippen LogP contribution < -0.4 is 5.32 Å². The van der Waals surface area contributed by atoms with Crippen LogP contribution in [-0.2, 0) is 9.53 Å². The van der Waals surface area contributed by atoms with E-state index >= 15 is 0 Å². The van der Waals surface area contributed by atoms with Crippen molar-refractivity contribution >= 4 is 44.8 Å². The number of aliphatic imine (C=N–C) groups is 1. The molecule has 25 heavy (non-hydrogen) atoms. The van der Waals surface area contributed by atoms with Gasteiger partial charge in [-0.25, -0.2) is 4.99 Å². The van der Waals surface area contributed by atoms with Gasteiger partial charge in [0.2, 0.25) is 6.23 Å². The quantitative estimate of drug-likeness (QED) is 0.739. The average molecular weight is 422 g/mol. The number of fused-ring (bicyclic) bond motifs is 1. The summed E-state index contributed by atoms with van der Waals surface area (Å²) < 4.78 is 6.75. The summed E-state index contributed by atoms with van der Waals surface area (Å²) in [5.74, 6) is -0.305. The smallest absolute Gasteiger partial charge is 0.276 e. The second-order valence-electron chi connectivity index (χ2n) is 6.72. The van der Waals surface area contributed by atoms with E-state index in [4.69, 9.17) is 16.3 Å². The van der Waals surface area contributed by atoms with Gasteiger partial charge in [0.15, 0.2) is 0 Å². The Morgan fingerprint density at radius 3 is 2.56 bits per heavy atom. The molecule has 1 heterocycles. The first-order chi connectivity index (χ1) is 11.7. The lowest BCUT2D eigenvalue weighted by Gasteiger charge is -2.23. The SMILES string of the molecule is CC(C)(C)OC1N=C(c2ccccc2Cl)c2cc(Br)ccc2NC1=O. The molecular formula is C19H18BrClN2O2. The van der Waals surface area contributed by atoms with Crippen LogP contribution in [0, 0.1) is 0 Å². The summed E-state index contributed by atoms with van der Waals surface area (Å²) in [5.41, 5.74) is 2.31. The molecule has 3 rings (SSSR count). The minimum Gasteiger partial charge on any atom is -0.342 e. The summed E-state index contributed by atoms with van der Waals surface area (Å²) in [5, 5.41) is 3.46. The molecule has 0 fully saturated rings. The third kappa shape index (κ3) is 4.11. The molecule has 1 aliphatic rings. The first-order valence-corrected chi connectivity index (χ1v) is 9.03. The number of hydrogen-bond donors (Lipinski definition) is 1. The van der Waals surface area contributed by atoms with E-state index in [9.17, 15) is 4.79 Å². The van der Waals surface area contributed by atoms with Gasteiger partial charge in [0.1, 0.15) is 0 Å². The standard InChI is InChI=1S/C19H18BrClN2O2/c1-19(2,3)25-18-17(24)22-15-9-8-11(20)10-13(15)16(23-18)12-6-4-5-7-14(12)21/h4-10,18H,1-3H3,(H,22,24). The molecule has 0 saturated heterocycles. The third-order valence-corrected chi connectivity index (χ3v) is 4.38. The summed E-state index contributed by atoms with van der Waals surface area (Å²) in [6, 6.07) is 13.1. The number of rotatable bonds is 2. The number of hydrogen-bond acceptors (Lipinski definition) is 3. The fourth-order valence-electron chi connectivity index (χ4n) is 2.54. The highest BCUT2D eigenvalue weighted by molar-refractivity contribution is 9.10. The maximum atomic E-state index is 12.6. The van der Waals surface area contributed by atoms with Crippen molar-refractivity contribution in [3.8, 4) is 0 Å². The van der Waals surface area contributed by atoms with Crippen LogP contribution in [0.25, 0.3) is 0 Å². The molecule has 2 aromatic rings. The van der Waals surface area contributed by atoms with Crippen LogP contribution in [0.4, 0.5) is 5.69 Å². The zero-order chi connectivity index (χ0) is 18.2. The lowest BCUT2D eigenvalue weighted by Crippen LogP contribution is -2.35. The zero-order valence-corrected chi connectivity index (χ0v) is 16.5. The predicted octanol–water partition coefficient (Wildman–Crippen LogP) is 5.03. The Hall–Kier alpha value is -1.69. The first-order valence-electron chi connectivity index (χ1n) is 7.86. The number of nitrogens with zero attached hydrogens (tertiary/aromatic N) is 1. The molecule has 1 aliphatic heterocycles. The van der Waals surface area contributed by atoms with E-state index in [-0.39, 0.29) is 5.91 Å². The fourth-order valence-corrected chi connectivity index (χ4v) is 3.13. The highest BCUT2D eigenvalue weighted by atomic mass is 79.9. The van der Waals surface area contributed by atoms with Crippen molar-refractivity contribution in [2.45, 2.75) is 32.6 Å². The normalized spacial score (nSPS) is 17.4. The van der Waals surface area contributed by atoms with Crippen LogP contribution in [0.2, 0.25) is 5.02 Å². The van der Waals surface area contributed by atoms with Gasteiger partial charge in [-0.1, -0.05) is 45.7 Å². The van der Waals surface area contributed by atoms with Gasteiger partial charge in [-0.2, -0.15) is 0 Å². The molecule has 0 aromatic heterocycles. The molecule has 0 saturated carbocycles. The van der Waals surface area contributed by atoms with E-state index in [1.165, 1.54) is 0 Å². The molecule has 1 atom stereocenters. The molecule has 6 heteroatoms. The number of carbonyl (C=O) groups is 1. The van der Waals surface area contributed by atoms with Gasteiger partial charge in [-0.05, 0) is 45.0 Å². The Bertz CT molecular complexity index is 859. The molecule has 0 radical (unpaired) electrons. The molecule has 1 N–H and O–H groups in total. The van der Waals surface area contributed by atoms with Gasteiger partial charge < -0.3 is 10.1 Å². The van der Waals surface area contributed by atoms with Crippen molar-refractivity contribution in [1.29, 1.82) is 0 Å². The molecular weight excluding hydrogens is 404 g/mol. The Labute approximate surface area is 160 Å². The Kier molecular flexibility index (Phi) is 5.00. The Balaban J connectivity index is 2.21. The van der Waals surface area contributed by atoms with Crippen molar-refractivity contribution < 1.29 is 9.53 Å². The maximum Gasteiger partial charge on any atom is 0.276 e. The highest BCUT2D eigenvalue weighted by Gasteiger charge is 2.30. The number of anilines is 1. The van der Waals surface area contributed by atoms with Crippen LogP contribution in [0.1, 0.15) is 31.9 Å². The van der Waals surface area contributed by atoms with Crippen LogP contribution in [0.3, 0.4) is 0 Å². The van der Waals surface area contributed by atoms with E-state index in [1.807, 2.05) is 57.2 Å². The second-order valence-corrected chi connectivity index (χ2v) is 8.04. The average Bonchev–Trinajstić information content (AvgIpc) is 2.64. The number of amides is 1. The molecule has 0 bridgehead atoms. The van der Waals surface area contributed by atoms with Crippen molar-refractivity contribution in [2.24, 2.45) is 4.99 Å². The van der Waals surface area contributed by atoms with Crippen molar-refractivity contribution in [2.75, 3.05) is 5.32 Å². The molecule has 0 spiro atoms. The van der Waals surface area contributed by atoms with Gasteiger partial charge in [0.05, 0.1) is 17.0 Å². The number of benzene rings is 2. The van der Waals surface area contributed by atoms with E-state index in [0.29, 0.717) is 16.4 Å². The van der Waals surface area contributed by atoms with E-state index in [1.54, 1.807) is 6.07 Å². The van der Waals surface area contributed by atoms with Crippen molar-refractivity contribution in [1.82, 2.24) is 0 Å². The summed E-state index contributed by atoms with van der Waals surface area (Å²) in [4.78, 5) is 17.2. The molecule has 1 amide bonds. The molecule has 0 aliphatic carbocycles. The highest BCUT2D eigenvalue weighted by Crippen LogP contribution is 2.30. The molecule has 1 unspecified atom stereocenters. The van der Waals surface area contributed by atoms with E-state index in [0.717, 1.165) is 15.6 Å². The number of halogens is 2. The predicted molar refractivity (Wildman–Crippen MR) is 104 cm³/mol. The summed E-state index contributed by atoms with van der Waals surface area (Å²) in [6.45, 7) is 5.67. The van der Waals surface area contributed by atoms with Crippen LogP contribution in [-0.4, -0.2) is 23.4 Å². The monoisotopic (exact) mass is 420 g/mol. The Morgan fingerprint density at radius 1 is 1.16 bits per heavy atom. The van der Waals surface area contributed by atoms with Gasteiger partial charge in [-0.3, -0.25) is 4.79 Å². The van der Waals surface area contributed by atoms with Crippen molar-refractivity contribution in [3.63, 3.8) is 0 Å². The number of benzodiazepines with no additional fused rings is 1. The zero-order valence-electron chi connectivity index (χ0n) is 14.1. The van der Waals surface area contributed by atoms with Gasteiger partial charge >= 0.3 is 0 Å². The van der Waals surface area contributed by atoms with Gasteiger partial charge in [0.25, 0.3) is 5.91 Å². The summed E-state index contributed by atoms with van der Waals surface area (Å²) in [7, 11) is 0. The van der Waals surface area contributed by atoms with Gasteiger partial charge in [0, 0.05) is 20.6 Å². The van der Waals surface area contributed by atoms with Crippen LogP contribution in [0.15, 0.2) is 51.9 Å². The first kappa shape index (κ1) is 18.1. The minimum atomic E-state index is -0.961. The third-order valence-electron chi connectivity index (χ3n) is 3.56. The Morgan fingerprint density at radius 2 is 1.88 bits per heavy atom. The summed E-state index contributed by atoms with van der Waals surface area (Å²) in [6.07, 6.45) is -0.961. The van der Waals surface area contributed by atoms with Crippen LogP contribution in [0.5, 0.6) is 0 Å². The fraction of sp³-hybridized carbons (Fsp3) is 0.263. The molecule has 130 valence electrons. The topological polar surface area (TPSA) is 50.7 Å². The molecule has 2 aromatic carbocycles. The molecule has 4 nitrogen and oxygen atoms in total. The van der Waals surface area contributed by atoms with E-state index < -0.39 is 11.8 Å². The largest absolute Gasteiger partial charge is 0.342 e. The van der Waals surface area contributed by atoms with Crippen molar-refractivity contribution in [3.05, 3.63) is 63.1 Å². The lowest BCUT2D eigenvalue weighted by molar-refractivity contribution is -0.136. The number of carbonyl (C=O) groups excluding carboxylic acids is 1. The lowest BCUT2D eigenvalue weighted by atomic mass is 10.0. The minimum absolute atomic E-state index is 0.305. The van der Waals surface area contributed by atoms with Crippen LogP contribution >= 0.6 is 27.5 Å². The van der Waals surface area contributed by atoms with Gasteiger partial charge in [-0.15, -0.1) is 0 Å². The summed E-state index contributed by atoms with van der Waals surface area (Å²) >= 11 is 9.88.